The van der Waals surface area contributed by atoms with Gasteiger partial charge in [-0.1, -0.05) is 0 Å². The third kappa shape index (κ3) is 2.54. The number of hydrogen-bond donors (Lipinski definition) is 0. The zero-order valence-corrected chi connectivity index (χ0v) is 11.2. The Morgan fingerprint density at radius 3 is 2.47 bits per heavy atom. The van der Waals surface area contributed by atoms with E-state index < -0.39 is 14.9 Å². The molecule has 0 aromatic heterocycles. The van der Waals surface area contributed by atoms with Crippen molar-refractivity contribution >= 4 is 15.7 Å². The highest BCUT2D eigenvalue weighted by molar-refractivity contribution is 7.89. The molecule has 1 aromatic rings. The molecule has 1 aliphatic rings. The van der Waals surface area contributed by atoms with Crippen LogP contribution in [0.2, 0.25) is 0 Å². The smallest absolute Gasteiger partial charge is 0.312 e. The Bertz CT molecular complexity index is 593. The van der Waals surface area contributed by atoms with Crippen molar-refractivity contribution in [3.8, 4) is 5.75 Å². The molecule has 19 heavy (non-hydrogen) atoms. The maximum Gasteiger partial charge on any atom is 0.312 e. The summed E-state index contributed by atoms with van der Waals surface area (Å²) in [4.78, 5) is 10.2. The van der Waals surface area contributed by atoms with Crippen LogP contribution in [0.25, 0.3) is 0 Å². The van der Waals surface area contributed by atoms with E-state index in [2.05, 4.69) is 0 Å². The van der Waals surface area contributed by atoms with Crippen molar-refractivity contribution in [2.24, 2.45) is 0 Å². The molecule has 0 atom stereocenters. The van der Waals surface area contributed by atoms with Gasteiger partial charge >= 0.3 is 5.69 Å². The molecule has 7 nitrogen and oxygen atoms in total. The first-order chi connectivity index (χ1) is 8.96. The zero-order valence-electron chi connectivity index (χ0n) is 10.4. The predicted molar refractivity (Wildman–Crippen MR) is 67.6 cm³/mol. The lowest BCUT2D eigenvalue weighted by atomic mass is 10.3. The van der Waals surface area contributed by atoms with Gasteiger partial charge in [-0.2, -0.15) is 4.31 Å². The van der Waals surface area contributed by atoms with Crippen LogP contribution in [-0.2, 0) is 10.0 Å². The molecule has 0 N–H and O–H groups in total. The molecule has 2 rings (SSSR count). The van der Waals surface area contributed by atoms with Crippen molar-refractivity contribution in [1.29, 1.82) is 0 Å². The van der Waals surface area contributed by atoms with Crippen molar-refractivity contribution < 1.29 is 18.1 Å². The second-order valence-corrected chi connectivity index (χ2v) is 6.14. The molecule has 0 radical (unpaired) electrons. The standard InChI is InChI=1S/C11H14N2O5S/c1-18-11-5-4-9(8-10(11)13(14)15)19(16,17)12-6-2-3-7-12/h4-5,8H,2-3,6-7H2,1H3. The van der Waals surface area contributed by atoms with Gasteiger partial charge < -0.3 is 4.74 Å². The van der Waals surface area contributed by atoms with Crippen LogP contribution in [0, 0.1) is 10.1 Å². The highest BCUT2D eigenvalue weighted by atomic mass is 32.2. The molecular weight excluding hydrogens is 272 g/mol. The molecule has 1 fully saturated rings. The minimum Gasteiger partial charge on any atom is -0.490 e. The van der Waals surface area contributed by atoms with Crippen LogP contribution in [0.15, 0.2) is 23.1 Å². The van der Waals surface area contributed by atoms with E-state index in [1.165, 1.54) is 23.5 Å². The van der Waals surface area contributed by atoms with Crippen LogP contribution in [0.3, 0.4) is 0 Å². The molecule has 104 valence electrons. The van der Waals surface area contributed by atoms with Gasteiger partial charge in [0.1, 0.15) is 0 Å². The summed E-state index contributed by atoms with van der Waals surface area (Å²) in [6.45, 7) is 0.921. The predicted octanol–water partition coefficient (Wildman–Crippen LogP) is 1.39. The number of sulfonamides is 1. The van der Waals surface area contributed by atoms with E-state index in [1.54, 1.807) is 0 Å². The number of nitro groups is 1. The van der Waals surface area contributed by atoms with E-state index >= 15 is 0 Å². The van der Waals surface area contributed by atoms with Gasteiger partial charge in [-0.3, -0.25) is 10.1 Å². The maximum absolute atomic E-state index is 12.3. The van der Waals surface area contributed by atoms with Crippen molar-refractivity contribution in [2.45, 2.75) is 17.7 Å². The quantitative estimate of drug-likeness (QED) is 0.616. The van der Waals surface area contributed by atoms with Crippen molar-refractivity contribution in [2.75, 3.05) is 20.2 Å². The maximum atomic E-state index is 12.3. The SMILES string of the molecule is COc1ccc(S(=O)(=O)N2CCCC2)cc1[N+](=O)[O-]. The molecule has 0 unspecified atom stereocenters. The van der Waals surface area contributed by atoms with Gasteiger partial charge in [-0.05, 0) is 25.0 Å². The highest BCUT2D eigenvalue weighted by Crippen LogP contribution is 2.31. The minimum absolute atomic E-state index is 0.0466. The van der Waals surface area contributed by atoms with E-state index in [9.17, 15) is 18.5 Å². The fourth-order valence-electron chi connectivity index (χ4n) is 2.05. The Kier molecular flexibility index (Phi) is 3.72. The van der Waals surface area contributed by atoms with Gasteiger partial charge in [-0.15, -0.1) is 0 Å². The summed E-state index contributed by atoms with van der Waals surface area (Å²) in [7, 11) is -2.34. The Morgan fingerprint density at radius 1 is 1.32 bits per heavy atom. The summed E-state index contributed by atoms with van der Waals surface area (Å²) in [5, 5.41) is 10.9. The summed E-state index contributed by atoms with van der Waals surface area (Å²) in [6, 6.07) is 3.69. The third-order valence-electron chi connectivity index (χ3n) is 3.05. The largest absolute Gasteiger partial charge is 0.490 e. The summed E-state index contributed by atoms with van der Waals surface area (Å²) in [6.07, 6.45) is 1.63. The molecule has 1 heterocycles. The third-order valence-corrected chi connectivity index (χ3v) is 4.94. The first kappa shape index (κ1) is 13.8. The average Bonchev–Trinajstić information content (AvgIpc) is 2.92. The molecule has 0 bridgehead atoms. The van der Waals surface area contributed by atoms with Gasteiger partial charge in [0, 0.05) is 19.2 Å². The monoisotopic (exact) mass is 286 g/mol. The van der Waals surface area contributed by atoms with Gasteiger partial charge in [0.05, 0.1) is 16.9 Å². The Morgan fingerprint density at radius 2 is 1.95 bits per heavy atom. The van der Waals surface area contributed by atoms with Crippen LogP contribution in [-0.4, -0.2) is 37.8 Å². The number of nitro benzene ring substituents is 1. The molecule has 1 aliphatic heterocycles. The van der Waals surface area contributed by atoms with Crippen molar-refractivity contribution in [3.63, 3.8) is 0 Å². The summed E-state index contributed by atoms with van der Waals surface area (Å²) >= 11 is 0. The summed E-state index contributed by atoms with van der Waals surface area (Å²) in [5.41, 5.74) is -0.345. The van der Waals surface area contributed by atoms with E-state index in [4.69, 9.17) is 4.74 Å². The lowest BCUT2D eigenvalue weighted by Crippen LogP contribution is -2.27. The van der Waals surface area contributed by atoms with E-state index in [1.807, 2.05) is 0 Å². The average molecular weight is 286 g/mol. The molecule has 0 saturated carbocycles. The van der Waals surface area contributed by atoms with Crippen LogP contribution < -0.4 is 4.74 Å². The molecule has 1 aromatic carbocycles. The summed E-state index contributed by atoms with van der Waals surface area (Å²) < 4.78 is 30.7. The number of nitrogens with zero attached hydrogens (tertiary/aromatic N) is 2. The van der Waals surface area contributed by atoms with E-state index in [-0.39, 0.29) is 16.3 Å². The number of hydrogen-bond acceptors (Lipinski definition) is 5. The number of benzene rings is 1. The first-order valence-corrected chi connectivity index (χ1v) is 7.23. The number of methoxy groups -OCH3 is 1. The molecule has 0 amide bonds. The Hall–Kier alpha value is -1.67. The normalized spacial score (nSPS) is 16.5. The number of ether oxygens (including phenoxy) is 1. The van der Waals surface area contributed by atoms with Crippen molar-refractivity contribution in [3.05, 3.63) is 28.3 Å². The van der Waals surface area contributed by atoms with Crippen LogP contribution >= 0.6 is 0 Å². The second-order valence-electron chi connectivity index (χ2n) is 4.20. The topological polar surface area (TPSA) is 89.8 Å². The first-order valence-electron chi connectivity index (χ1n) is 5.79. The van der Waals surface area contributed by atoms with E-state index in [0.29, 0.717) is 13.1 Å². The fourth-order valence-corrected chi connectivity index (χ4v) is 3.59. The lowest BCUT2D eigenvalue weighted by Gasteiger charge is -2.15. The molecule has 0 spiro atoms. The number of rotatable bonds is 4. The van der Waals surface area contributed by atoms with Crippen LogP contribution in [0.5, 0.6) is 5.75 Å². The highest BCUT2D eigenvalue weighted by Gasteiger charge is 2.29. The Balaban J connectivity index is 2.45. The molecular formula is C11H14N2O5S. The molecule has 0 aliphatic carbocycles. The zero-order chi connectivity index (χ0) is 14.0. The van der Waals surface area contributed by atoms with Crippen LogP contribution in [0.4, 0.5) is 5.69 Å². The second kappa shape index (κ2) is 5.14. The van der Waals surface area contributed by atoms with Gasteiger partial charge in [0.2, 0.25) is 10.0 Å². The summed E-state index contributed by atoms with van der Waals surface area (Å²) in [5.74, 6) is 0.0466. The fraction of sp³-hybridized carbons (Fsp3) is 0.455. The van der Waals surface area contributed by atoms with Crippen molar-refractivity contribution in [1.82, 2.24) is 4.31 Å². The van der Waals surface area contributed by atoms with Crippen LogP contribution in [0.1, 0.15) is 12.8 Å². The molecule has 8 heteroatoms. The lowest BCUT2D eigenvalue weighted by molar-refractivity contribution is -0.386. The molecule has 1 saturated heterocycles. The van der Waals surface area contributed by atoms with Gasteiger partial charge in [0.15, 0.2) is 5.75 Å². The Labute approximate surface area is 111 Å². The van der Waals surface area contributed by atoms with E-state index in [0.717, 1.165) is 18.9 Å². The van der Waals surface area contributed by atoms with Gasteiger partial charge in [0.25, 0.3) is 0 Å². The minimum atomic E-state index is -3.65. The van der Waals surface area contributed by atoms with Gasteiger partial charge in [-0.25, -0.2) is 8.42 Å².